The summed E-state index contributed by atoms with van der Waals surface area (Å²) >= 11 is 0. The van der Waals surface area contributed by atoms with E-state index in [9.17, 15) is 0 Å². The van der Waals surface area contributed by atoms with Crippen LogP contribution in [0.5, 0.6) is 11.5 Å². The van der Waals surface area contributed by atoms with Crippen LogP contribution < -0.4 is 15.2 Å². The molecular formula is C12H19NO2. The van der Waals surface area contributed by atoms with Crippen molar-refractivity contribution in [3.05, 3.63) is 23.3 Å². The lowest BCUT2D eigenvalue weighted by Gasteiger charge is -2.13. The highest BCUT2D eigenvalue weighted by atomic mass is 16.5. The van der Waals surface area contributed by atoms with Crippen LogP contribution in [0.2, 0.25) is 0 Å². The molecule has 1 aromatic rings. The highest BCUT2D eigenvalue weighted by Crippen LogP contribution is 2.32. The van der Waals surface area contributed by atoms with Gasteiger partial charge < -0.3 is 15.2 Å². The molecule has 0 spiro atoms. The smallest absolute Gasteiger partial charge is 0.163 e. The topological polar surface area (TPSA) is 44.5 Å². The van der Waals surface area contributed by atoms with E-state index in [1.54, 1.807) is 7.11 Å². The van der Waals surface area contributed by atoms with Gasteiger partial charge in [0.05, 0.1) is 13.7 Å². The molecule has 2 N–H and O–H groups in total. The summed E-state index contributed by atoms with van der Waals surface area (Å²) in [4.78, 5) is 0. The Bertz CT molecular complexity index is 324. The van der Waals surface area contributed by atoms with Gasteiger partial charge in [0.25, 0.3) is 0 Å². The molecule has 0 heterocycles. The minimum atomic E-state index is 0.635. The number of methoxy groups -OCH3 is 1. The number of hydrogen-bond acceptors (Lipinski definition) is 3. The third-order valence-electron chi connectivity index (χ3n) is 2.20. The Labute approximate surface area is 91.2 Å². The molecular weight excluding hydrogens is 190 g/mol. The first-order chi connectivity index (χ1) is 7.19. The lowest BCUT2D eigenvalue weighted by atomic mass is 10.1. The summed E-state index contributed by atoms with van der Waals surface area (Å²) < 4.78 is 10.9. The van der Waals surface area contributed by atoms with E-state index in [-0.39, 0.29) is 0 Å². The van der Waals surface area contributed by atoms with Crippen molar-refractivity contribution < 1.29 is 9.47 Å². The quantitative estimate of drug-likeness (QED) is 0.755. The lowest BCUT2D eigenvalue weighted by molar-refractivity contribution is 0.290. The molecule has 84 valence electrons. The van der Waals surface area contributed by atoms with Gasteiger partial charge in [-0.1, -0.05) is 6.07 Å². The fourth-order valence-electron chi connectivity index (χ4n) is 1.55. The van der Waals surface area contributed by atoms with Crippen molar-refractivity contribution in [1.29, 1.82) is 0 Å². The van der Waals surface area contributed by atoms with Crippen molar-refractivity contribution in [2.45, 2.75) is 20.3 Å². The Morgan fingerprint density at radius 3 is 2.60 bits per heavy atom. The predicted octanol–water partition coefficient (Wildman–Crippen LogP) is 2.04. The molecule has 3 nitrogen and oxygen atoms in total. The first kappa shape index (κ1) is 11.9. The number of ether oxygens (including phenoxy) is 2. The molecule has 0 fully saturated rings. The standard InChI is InChI=1S/C12H19NO2/c1-9-7-10(2)12(14-3)11(8-9)15-6-4-5-13/h7-8H,4-6,13H2,1-3H3. The third kappa shape index (κ3) is 3.13. The van der Waals surface area contributed by atoms with E-state index >= 15 is 0 Å². The molecule has 0 amide bonds. The average Bonchev–Trinajstić information content (AvgIpc) is 2.17. The van der Waals surface area contributed by atoms with Crippen LogP contribution in [0.3, 0.4) is 0 Å². The maximum absolute atomic E-state index is 5.63. The van der Waals surface area contributed by atoms with Crippen LogP contribution in [0.4, 0.5) is 0 Å². The molecule has 0 saturated carbocycles. The molecule has 3 heteroatoms. The fourth-order valence-corrected chi connectivity index (χ4v) is 1.55. The summed E-state index contributed by atoms with van der Waals surface area (Å²) in [7, 11) is 1.66. The summed E-state index contributed by atoms with van der Waals surface area (Å²) in [5, 5.41) is 0. The molecule has 0 radical (unpaired) electrons. The first-order valence-electron chi connectivity index (χ1n) is 5.17. The molecule has 1 rings (SSSR count). The Morgan fingerprint density at radius 1 is 1.27 bits per heavy atom. The van der Waals surface area contributed by atoms with Crippen LogP contribution in [-0.4, -0.2) is 20.3 Å². The zero-order valence-corrected chi connectivity index (χ0v) is 9.67. The van der Waals surface area contributed by atoms with Crippen molar-refractivity contribution in [3.63, 3.8) is 0 Å². The van der Waals surface area contributed by atoms with Gasteiger partial charge in [-0.05, 0) is 44.0 Å². The Kier molecular flexibility index (Phi) is 4.43. The largest absolute Gasteiger partial charge is 0.493 e. The molecule has 0 aliphatic rings. The lowest BCUT2D eigenvalue weighted by Crippen LogP contribution is -2.07. The Balaban J connectivity index is 2.84. The van der Waals surface area contributed by atoms with E-state index in [2.05, 4.69) is 6.07 Å². The minimum absolute atomic E-state index is 0.635. The highest BCUT2D eigenvalue weighted by molar-refractivity contribution is 5.48. The van der Waals surface area contributed by atoms with Crippen LogP contribution in [0, 0.1) is 13.8 Å². The number of benzene rings is 1. The van der Waals surface area contributed by atoms with Gasteiger partial charge in [0, 0.05) is 0 Å². The zero-order valence-electron chi connectivity index (χ0n) is 9.67. The number of aryl methyl sites for hydroxylation is 2. The fraction of sp³-hybridized carbons (Fsp3) is 0.500. The summed E-state index contributed by atoms with van der Waals surface area (Å²) in [6.07, 6.45) is 0.857. The van der Waals surface area contributed by atoms with Gasteiger partial charge in [-0.3, -0.25) is 0 Å². The second-order valence-electron chi connectivity index (χ2n) is 3.60. The molecule has 0 aromatic heterocycles. The predicted molar refractivity (Wildman–Crippen MR) is 61.6 cm³/mol. The van der Waals surface area contributed by atoms with Crippen molar-refractivity contribution in [2.75, 3.05) is 20.3 Å². The van der Waals surface area contributed by atoms with E-state index in [0.29, 0.717) is 13.2 Å². The molecule has 15 heavy (non-hydrogen) atoms. The van der Waals surface area contributed by atoms with Gasteiger partial charge in [-0.15, -0.1) is 0 Å². The average molecular weight is 209 g/mol. The monoisotopic (exact) mass is 209 g/mol. The van der Waals surface area contributed by atoms with E-state index in [1.165, 1.54) is 5.56 Å². The SMILES string of the molecule is COc1c(C)cc(C)cc1OCCCN. The van der Waals surface area contributed by atoms with Crippen LogP contribution in [0.1, 0.15) is 17.5 Å². The van der Waals surface area contributed by atoms with Gasteiger partial charge >= 0.3 is 0 Å². The second kappa shape index (κ2) is 5.61. The van der Waals surface area contributed by atoms with Gasteiger partial charge in [0.1, 0.15) is 0 Å². The van der Waals surface area contributed by atoms with Gasteiger partial charge in [-0.25, -0.2) is 0 Å². The molecule has 0 aliphatic carbocycles. The zero-order chi connectivity index (χ0) is 11.3. The summed E-state index contributed by atoms with van der Waals surface area (Å²) in [6, 6.07) is 4.07. The van der Waals surface area contributed by atoms with Crippen LogP contribution in [-0.2, 0) is 0 Å². The molecule has 0 aliphatic heterocycles. The van der Waals surface area contributed by atoms with Crippen molar-refractivity contribution in [1.82, 2.24) is 0 Å². The maximum atomic E-state index is 5.63. The van der Waals surface area contributed by atoms with Crippen molar-refractivity contribution >= 4 is 0 Å². The second-order valence-corrected chi connectivity index (χ2v) is 3.60. The van der Waals surface area contributed by atoms with Crippen LogP contribution >= 0.6 is 0 Å². The molecule has 0 saturated heterocycles. The Morgan fingerprint density at radius 2 is 2.00 bits per heavy atom. The number of hydrogen-bond donors (Lipinski definition) is 1. The van der Waals surface area contributed by atoms with Gasteiger partial charge in [-0.2, -0.15) is 0 Å². The summed E-state index contributed by atoms with van der Waals surface area (Å²) in [6.45, 7) is 5.34. The number of rotatable bonds is 5. The van der Waals surface area contributed by atoms with E-state index in [0.717, 1.165) is 23.5 Å². The third-order valence-corrected chi connectivity index (χ3v) is 2.20. The molecule has 1 aromatic carbocycles. The maximum Gasteiger partial charge on any atom is 0.163 e. The van der Waals surface area contributed by atoms with Gasteiger partial charge in [0.15, 0.2) is 11.5 Å². The first-order valence-corrected chi connectivity index (χ1v) is 5.17. The van der Waals surface area contributed by atoms with Crippen molar-refractivity contribution in [2.24, 2.45) is 5.73 Å². The molecule has 0 atom stereocenters. The van der Waals surface area contributed by atoms with Gasteiger partial charge in [0.2, 0.25) is 0 Å². The Hall–Kier alpha value is -1.22. The normalized spacial score (nSPS) is 10.1. The van der Waals surface area contributed by atoms with Crippen LogP contribution in [0.25, 0.3) is 0 Å². The number of nitrogens with two attached hydrogens (primary N) is 1. The van der Waals surface area contributed by atoms with E-state index in [1.807, 2.05) is 19.9 Å². The summed E-state index contributed by atoms with van der Waals surface area (Å²) in [5.41, 5.74) is 7.69. The van der Waals surface area contributed by atoms with Crippen LogP contribution in [0.15, 0.2) is 12.1 Å². The minimum Gasteiger partial charge on any atom is -0.493 e. The molecule has 0 unspecified atom stereocenters. The van der Waals surface area contributed by atoms with E-state index in [4.69, 9.17) is 15.2 Å². The summed E-state index contributed by atoms with van der Waals surface area (Å²) in [5.74, 6) is 1.63. The van der Waals surface area contributed by atoms with E-state index < -0.39 is 0 Å². The molecule has 0 bridgehead atoms. The highest BCUT2D eigenvalue weighted by Gasteiger charge is 2.08. The van der Waals surface area contributed by atoms with Crippen molar-refractivity contribution in [3.8, 4) is 11.5 Å².